The largest absolute Gasteiger partial charge is 0.459 e. The minimum Gasteiger partial charge on any atom is -0.459 e. The molecule has 3 heterocycles. The first-order valence-corrected chi connectivity index (χ1v) is 10.2. The molecule has 1 saturated heterocycles. The lowest BCUT2D eigenvalue weighted by Gasteiger charge is -2.34. The fourth-order valence-electron chi connectivity index (χ4n) is 3.31. The first kappa shape index (κ1) is 21.3. The standard InChI is InChI=1S/C21H27N7O2/c22-17-25-21(26-18-6-9-23-10-7-18)24-8-2-1-3-11-27-12-14-28(15-13-27)20(29)19-5-4-16-30-19/h4-7,9-10,16H,1-3,8,11-15H2,(H2,23,24,25,26). The summed E-state index contributed by atoms with van der Waals surface area (Å²) in [5.74, 6) is 0.829. The number of carbonyl (C=O) groups excluding carboxylic acids is 1. The van der Waals surface area contributed by atoms with Crippen LogP contribution in [0.1, 0.15) is 29.8 Å². The van der Waals surface area contributed by atoms with Gasteiger partial charge < -0.3 is 20.0 Å². The highest BCUT2D eigenvalue weighted by atomic mass is 16.3. The molecule has 0 bridgehead atoms. The lowest BCUT2D eigenvalue weighted by Crippen LogP contribution is -2.48. The van der Waals surface area contributed by atoms with Gasteiger partial charge in [0.2, 0.25) is 12.2 Å². The SMILES string of the molecule is N#C/N=C(/NCCCCCN1CCN(C(=O)c2ccco2)CC1)Nc1ccncc1. The van der Waals surface area contributed by atoms with E-state index in [0.717, 1.165) is 64.2 Å². The summed E-state index contributed by atoms with van der Waals surface area (Å²) >= 11 is 0. The molecule has 0 unspecified atom stereocenters. The summed E-state index contributed by atoms with van der Waals surface area (Å²) in [6, 6.07) is 7.08. The number of aliphatic imine (C=N–C) groups is 1. The van der Waals surface area contributed by atoms with Crippen LogP contribution in [0.15, 0.2) is 52.3 Å². The Labute approximate surface area is 176 Å². The Morgan fingerprint density at radius 1 is 1.17 bits per heavy atom. The summed E-state index contributed by atoms with van der Waals surface area (Å²) in [4.78, 5) is 24.3. The van der Waals surface area contributed by atoms with Crippen molar-refractivity contribution in [1.29, 1.82) is 5.26 Å². The minimum atomic E-state index is -0.0269. The van der Waals surface area contributed by atoms with E-state index in [1.165, 1.54) is 6.26 Å². The third-order valence-electron chi connectivity index (χ3n) is 4.94. The average Bonchev–Trinajstić information content (AvgIpc) is 3.32. The summed E-state index contributed by atoms with van der Waals surface area (Å²) in [6.45, 7) is 5.01. The second-order valence-corrected chi connectivity index (χ2v) is 7.02. The van der Waals surface area contributed by atoms with Crippen molar-refractivity contribution in [2.24, 2.45) is 4.99 Å². The Kier molecular flexibility index (Phi) is 8.23. The Morgan fingerprint density at radius 2 is 1.97 bits per heavy atom. The zero-order valence-corrected chi connectivity index (χ0v) is 17.0. The molecule has 9 nitrogen and oxygen atoms in total. The Balaban J connectivity index is 1.27. The number of hydrogen-bond donors (Lipinski definition) is 2. The van der Waals surface area contributed by atoms with E-state index in [2.05, 4.69) is 25.5 Å². The van der Waals surface area contributed by atoms with E-state index in [-0.39, 0.29) is 5.91 Å². The van der Waals surface area contributed by atoms with Gasteiger partial charge in [-0.05, 0) is 43.7 Å². The third kappa shape index (κ3) is 6.60. The van der Waals surface area contributed by atoms with Crippen molar-refractivity contribution < 1.29 is 9.21 Å². The fourth-order valence-corrected chi connectivity index (χ4v) is 3.31. The Morgan fingerprint density at radius 3 is 2.67 bits per heavy atom. The maximum atomic E-state index is 12.3. The smallest absolute Gasteiger partial charge is 0.289 e. The number of pyridine rings is 1. The molecule has 2 N–H and O–H groups in total. The second kappa shape index (κ2) is 11.6. The summed E-state index contributed by atoms with van der Waals surface area (Å²) in [7, 11) is 0. The van der Waals surface area contributed by atoms with Crippen LogP contribution in [0.2, 0.25) is 0 Å². The van der Waals surface area contributed by atoms with Crippen molar-refractivity contribution in [3.05, 3.63) is 48.7 Å². The number of nitrogens with one attached hydrogen (secondary N) is 2. The van der Waals surface area contributed by atoms with Crippen LogP contribution in [0.25, 0.3) is 0 Å². The lowest BCUT2D eigenvalue weighted by atomic mass is 10.2. The molecule has 0 radical (unpaired) electrons. The number of anilines is 1. The summed E-state index contributed by atoms with van der Waals surface area (Å²) < 4.78 is 5.20. The Hall–Kier alpha value is -3.38. The molecule has 0 aliphatic carbocycles. The van der Waals surface area contributed by atoms with E-state index in [9.17, 15) is 4.79 Å². The highest BCUT2D eigenvalue weighted by Gasteiger charge is 2.23. The number of furan rings is 1. The van der Waals surface area contributed by atoms with Crippen molar-refractivity contribution in [1.82, 2.24) is 20.1 Å². The highest BCUT2D eigenvalue weighted by Crippen LogP contribution is 2.10. The van der Waals surface area contributed by atoms with Crippen LogP contribution >= 0.6 is 0 Å². The number of aromatic nitrogens is 1. The molecule has 0 atom stereocenters. The molecule has 158 valence electrons. The van der Waals surface area contributed by atoms with Gasteiger partial charge in [0, 0.05) is 50.8 Å². The van der Waals surface area contributed by atoms with E-state index in [4.69, 9.17) is 9.68 Å². The van der Waals surface area contributed by atoms with E-state index >= 15 is 0 Å². The predicted molar refractivity (Wildman–Crippen MR) is 114 cm³/mol. The van der Waals surface area contributed by atoms with Crippen LogP contribution in [-0.2, 0) is 0 Å². The third-order valence-corrected chi connectivity index (χ3v) is 4.94. The van der Waals surface area contributed by atoms with Crippen LogP contribution in [0, 0.1) is 11.5 Å². The van der Waals surface area contributed by atoms with E-state index in [0.29, 0.717) is 11.7 Å². The highest BCUT2D eigenvalue weighted by molar-refractivity contribution is 5.94. The van der Waals surface area contributed by atoms with Crippen molar-refractivity contribution in [2.75, 3.05) is 44.6 Å². The Bertz CT molecular complexity index is 838. The minimum absolute atomic E-state index is 0.0269. The first-order valence-electron chi connectivity index (χ1n) is 10.2. The van der Waals surface area contributed by atoms with Gasteiger partial charge in [0.15, 0.2) is 5.76 Å². The number of nitriles is 1. The van der Waals surface area contributed by atoms with Crippen molar-refractivity contribution in [2.45, 2.75) is 19.3 Å². The monoisotopic (exact) mass is 409 g/mol. The number of hydrogen-bond acceptors (Lipinski definition) is 6. The van der Waals surface area contributed by atoms with Crippen molar-refractivity contribution >= 4 is 17.6 Å². The van der Waals surface area contributed by atoms with Gasteiger partial charge in [-0.3, -0.25) is 14.7 Å². The molecule has 1 aliphatic heterocycles. The van der Waals surface area contributed by atoms with Gasteiger partial charge in [0.1, 0.15) is 0 Å². The van der Waals surface area contributed by atoms with E-state index < -0.39 is 0 Å². The van der Waals surface area contributed by atoms with E-state index in [1.807, 2.05) is 23.2 Å². The van der Waals surface area contributed by atoms with E-state index in [1.54, 1.807) is 24.5 Å². The normalized spacial score (nSPS) is 14.9. The fraction of sp³-hybridized carbons (Fsp3) is 0.429. The number of piperazine rings is 1. The van der Waals surface area contributed by atoms with Gasteiger partial charge in [-0.1, -0.05) is 6.42 Å². The molecule has 1 aliphatic rings. The maximum absolute atomic E-state index is 12.3. The zero-order valence-electron chi connectivity index (χ0n) is 17.0. The van der Waals surface area contributed by atoms with Crippen LogP contribution in [-0.4, -0.2) is 65.9 Å². The topological polar surface area (TPSA) is 110 Å². The molecule has 2 aromatic heterocycles. The van der Waals surface area contributed by atoms with Crippen LogP contribution in [0.5, 0.6) is 0 Å². The molecule has 1 amide bonds. The van der Waals surface area contributed by atoms with Gasteiger partial charge in [-0.25, -0.2) is 0 Å². The number of nitrogens with zero attached hydrogens (tertiary/aromatic N) is 5. The molecule has 3 rings (SSSR count). The number of rotatable bonds is 8. The zero-order chi connectivity index (χ0) is 21.0. The van der Waals surface area contributed by atoms with Crippen LogP contribution < -0.4 is 10.6 Å². The van der Waals surface area contributed by atoms with Crippen LogP contribution in [0.4, 0.5) is 5.69 Å². The molecule has 0 saturated carbocycles. The molecule has 2 aromatic rings. The van der Waals surface area contributed by atoms with Gasteiger partial charge in [0.25, 0.3) is 5.91 Å². The van der Waals surface area contributed by atoms with Crippen molar-refractivity contribution in [3.8, 4) is 6.19 Å². The molecule has 1 fully saturated rings. The summed E-state index contributed by atoms with van der Waals surface area (Å²) in [5, 5.41) is 15.1. The van der Waals surface area contributed by atoms with Gasteiger partial charge in [-0.15, -0.1) is 4.99 Å². The number of carbonyl (C=O) groups is 1. The molecule has 0 spiro atoms. The first-order chi connectivity index (χ1) is 14.8. The van der Waals surface area contributed by atoms with Gasteiger partial charge >= 0.3 is 0 Å². The number of guanidine groups is 1. The quantitative estimate of drug-likeness (QED) is 0.297. The number of unbranched alkanes of at least 4 members (excludes halogenated alkanes) is 2. The predicted octanol–water partition coefficient (Wildman–Crippen LogP) is 2.14. The molecule has 0 aromatic carbocycles. The molecular formula is C21H27N7O2. The molecule has 30 heavy (non-hydrogen) atoms. The second-order valence-electron chi connectivity index (χ2n) is 7.02. The molecule has 9 heteroatoms. The number of amides is 1. The lowest BCUT2D eigenvalue weighted by molar-refractivity contribution is 0.0604. The maximum Gasteiger partial charge on any atom is 0.289 e. The average molecular weight is 409 g/mol. The van der Waals surface area contributed by atoms with Crippen LogP contribution in [0.3, 0.4) is 0 Å². The summed E-state index contributed by atoms with van der Waals surface area (Å²) in [6.07, 6.45) is 9.86. The van der Waals surface area contributed by atoms with Gasteiger partial charge in [-0.2, -0.15) is 5.26 Å². The van der Waals surface area contributed by atoms with Gasteiger partial charge in [0.05, 0.1) is 6.26 Å². The molecular weight excluding hydrogens is 382 g/mol. The summed E-state index contributed by atoms with van der Waals surface area (Å²) in [5.41, 5.74) is 0.830. The van der Waals surface area contributed by atoms with Crippen molar-refractivity contribution in [3.63, 3.8) is 0 Å².